The molecule has 1 N–H and O–H groups in total. The maximum Gasteiger partial charge on any atom is 0.334 e. The summed E-state index contributed by atoms with van der Waals surface area (Å²) in [6.45, 7) is 5.94. The molecule has 0 aromatic heterocycles. The topological polar surface area (TPSA) is 108 Å². The van der Waals surface area contributed by atoms with Crippen molar-refractivity contribution in [2.45, 2.75) is 26.8 Å². The zero-order valence-corrected chi connectivity index (χ0v) is 15.9. The van der Waals surface area contributed by atoms with Crippen LogP contribution in [0.15, 0.2) is 48.5 Å². The Morgan fingerprint density at radius 3 is 2.11 bits per heavy atom. The number of esters is 1. The van der Waals surface area contributed by atoms with E-state index in [1.165, 1.54) is 24.3 Å². The first kappa shape index (κ1) is 20.9. The van der Waals surface area contributed by atoms with Gasteiger partial charge in [-0.05, 0) is 49.2 Å². The van der Waals surface area contributed by atoms with Crippen LogP contribution in [0.1, 0.15) is 31.1 Å². The van der Waals surface area contributed by atoms with Crippen LogP contribution in [0.2, 0.25) is 0 Å². The molecule has 0 aliphatic rings. The van der Waals surface area contributed by atoms with Gasteiger partial charge in [-0.3, -0.25) is 14.9 Å². The van der Waals surface area contributed by atoms with Gasteiger partial charge in [0, 0.05) is 17.7 Å². The lowest BCUT2D eigenvalue weighted by Gasteiger charge is -2.20. The van der Waals surface area contributed by atoms with Crippen molar-refractivity contribution in [2.75, 3.05) is 6.61 Å². The first-order valence-corrected chi connectivity index (χ1v) is 8.81. The first-order chi connectivity index (χ1) is 13.3. The van der Waals surface area contributed by atoms with Crippen molar-refractivity contribution in [2.24, 2.45) is 5.92 Å². The van der Waals surface area contributed by atoms with E-state index in [1.807, 2.05) is 6.92 Å². The smallest absolute Gasteiger partial charge is 0.334 e. The van der Waals surface area contributed by atoms with E-state index >= 15 is 0 Å². The zero-order chi connectivity index (χ0) is 20.7. The molecule has 1 amide bonds. The van der Waals surface area contributed by atoms with Gasteiger partial charge in [-0.1, -0.05) is 13.8 Å². The lowest BCUT2D eigenvalue weighted by atomic mass is 10.0. The molecule has 0 saturated carbocycles. The summed E-state index contributed by atoms with van der Waals surface area (Å²) in [7, 11) is 0. The maximum absolute atomic E-state index is 12.5. The number of nitrogens with zero attached hydrogens (tertiary/aromatic N) is 1. The van der Waals surface area contributed by atoms with Gasteiger partial charge in [0.1, 0.15) is 17.5 Å². The highest BCUT2D eigenvalue weighted by molar-refractivity contribution is 5.97. The molecule has 28 heavy (non-hydrogen) atoms. The number of non-ortho nitro benzene ring substituents is 1. The lowest BCUT2D eigenvalue weighted by Crippen LogP contribution is -2.46. The summed E-state index contributed by atoms with van der Waals surface area (Å²) >= 11 is 0. The Hall–Kier alpha value is -3.42. The van der Waals surface area contributed by atoms with E-state index in [0.29, 0.717) is 17.9 Å². The summed E-state index contributed by atoms with van der Waals surface area (Å²) in [5.41, 5.74) is 0.279. The summed E-state index contributed by atoms with van der Waals surface area (Å²) in [5, 5.41) is 13.4. The van der Waals surface area contributed by atoms with E-state index < -0.39 is 22.8 Å². The number of carbonyl (C=O) groups excluding carboxylic acids is 2. The van der Waals surface area contributed by atoms with Crippen LogP contribution in [0.3, 0.4) is 0 Å². The van der Waals surface area contributed by atoms with Crippen LogP contribution in [-0.4, -0.2) is 29.4 Å². The van der Waals surface area contributed by atoms with Crippen molar-refractivity contribution in [1.29, 1.82) is 0 Å². The van der Waals surface area contributed by atoms with E-state index in [-0.39, 0.29) is 17.4 Å². The summed E-state index contributed by atoms with van der Waals surface area (Å²) in [5.74, 6) is -0.476. The SMILES string of the molecule is CCOc1ccc(C(=O)N[C@H](C(=O)Oc2ccc([N+](=O)[O-])cc2)C(C)C)cc1. The fraction of sp³-hybridized carbons (Fsp3) is 0.300. The molecule has 0 bridgehead atoms. The summed E-state index contributed by atoms with van der Waals surface area (Å²) in [6, 6.07) is 10.9. The van der Waals surface area contributed by atoms with E-state index in [2.05, 4.69) is 5.32 Å². The van der Waals surface area contributed by atoms with Crippen LogP contribution >= 0.6 is 0 Å². The highest BCUT2D eigenvalue weighted by atomic mass is 16.6. The van der Waals surface area contributed by atoms with Crippen molar-refractivity contribution < 1.29 is 24.0 Å². The van der Waals surface area contributed by atoms with Crippen LogP contribution < -0.4 is 14.8 Å². The highest BCUT2D eigenvalue weighted by Crippen LogP contribution is 2.19. The molecule has 8 heteroatoms. The van der Waals surface area contributed by atoms with Gasteiger partial charge in [0.05, 0.1) is 11.5 Å². The number of nitrogens with one attached hydrogen (secondary N) is 1. The van der Waals surface area contributed by atoms with Crippen LogP contribution in [0.25, 0.3) is 0 Å². The molecule has 2 aromatic carbocycles. The van der Waals surface area contributed by atoms with Crippen molar-refractivity contribution in [3.63, 3.8) is 0 Å². The standard InChI is InChI=1S/C20H22N2O6/c1-4-27-16-9-5-14(6-10-16)19(23)21-18(13(2)3)20(24)28-17-11-7-15(8-12-17)22(25)26/h5-13,18H,4H2,1-3H3,(H,21,23)/t18-/m0/s1. The van der Waals surface area contributed by atoms with E-state index in [1.54, 1.807) is 38.1 Å². The first-order valence-electron chi connectivity index (χ1n) is 8.81. The van der Waals surface area contributed by atoms with Gasteiger partial charge < -0.3 is 14.8 Å². The minimum absolute atomic E-state index is 0.107. The Balaban J connectivity index is 2.05. The molecule has 2 rings (SSSR count). The number of hydrogen-bond acceptors (Lipinski definition) is 6. The second-order valence-corrected chi connectivity index (χ2v) is 6.32. The van der Waals surface area contributed by atoms with E-state index in [9.17, 15) is 19.7 Å². The number of nitro benzene ring substituents is 1. The minimum atomic E-state index is -0.880. The summed E-state index contributed by atoms with van der Waals surface area (Å²) in [6.07, 6.45) is 0. The van der Waals surface area contributed by atoms with Crippen LogP contribution in [-0.2, 0) is 4.79 Å². The Labute approximate surface area is 162 Å². The molecular formula is C20H22N2O6. The number of hydrogen-bond donors (Lipinski definition) is 1. The number of carbonyl (C=O) groups is 2. The zero-order valence-electron chi connectivity index (χ0n) is 15.9. The fourth-order valence-corrected chi connectivity index (χ4v) is 2.41. The molecule has 0 heterocycles. The van der Waals surface area contributed by atoms with E-state index in [0.717, 1.165) is 0 Å². The molecule has 0 aliphatic heterocycles. The molecule has 0 aliphatic carbocycles. The monoisotopic (exact) mass is 386 g/mol. The van der Waals surface area contributed by atoms with Crippen molar-refractivity contribution in [3.8, 4) is 11.5 Å². The number of nitro groups is 1. The number of ether oxygens (including phenoxy) is 2. The molecule has 0 fully saturated rings. The van der Waals surface area contributed by atoms with Gasteiger partial charge in [-0.2, -0.15) is 0 Å². The predicted molar refractivity (Wildman–Crippen MR) is 102 cm³/mol. The normalized spacial score (nSPS) is 11.6. The fourth-order valence-electron chi connectivity index (χ4n) is 2.41. The third-order valence-electron chi connectivity index (χ3n) is 3.90. The Morgan fingerprint density at radius 2 is 1.61 bits per heavy atom. The van der Waals surface area contributed by atoms with Crippen LogP contribution in [0, 0.1) is 16.0 Å². The molecule has 0 spiro atoms. The third kappa shape index (κ3) is 5.54. The van der Waals surface area contributed by atoms with Gasteiger partial charge in [0.15, 0.2) is 0 Å². The lowest BCUT2D eigenvalue weighted by molar-refractivity contribution is -0.384. The molecule has 1 atom stereocenters. The molecule has 148 valence electrons. The van der Waals surface area contributed by atoms with Gasteiger partial charge in [-0.15, -0.1) is 0 Å². The number of rotatable bonds is 8. The molecular weight excluding hydrogens is 364 g/mol. The Morgan fingerprint density at radius 1 is 1.04 bits per heavy atom. The Kier molecular flexibility index (Phi) is 7.08. The molecule has 0 unspecified atom stereocenters. The van der Waals surface area contributed by atoms with Gasteiger partial charge >= 0.3 is 5.97 Å². The second kappa shape index (κ2) is 9.50. The average molecular weight is 386 g/mol. The second-order valence-electron chi connectivity index (χ2n) is 6.32. The number of benzene rings is 2. The third-order valence-corrected chi connectivity index (χ3v) is 3.90. The van der Waals surface area contributed by atoms with Crippen molar-refractivity contribution in [3.05, 3.63) is 64.2 Å². The van der Waals surface area contributed by atoms with Gasteiger partial charge in [-0.25, -0.2) is 4.79 Å². The Bertz CT molecular complexity index is 831. The molecule has 8 nitrogen and oxygen atoms in total. The molecule has 0 saturated heterocycles. The van der Waals surface area contributed by atoms with Gasteiger partial charge in [0.25, 0.3) is 11.6 Å². The van der Waals surface area contributed by atoms with Crippen molar-refractivity contribution in [1.82, 2.24) is 5.32 Å². The van der Waals surface area contributed by atoms with Crippen LogP contribution in [0.5, 0.6) is 11.5 Å². The highest BCUT2D eigenvalue weighted by Gasteiger charge is 2.27. The quantitative estimate of drug-likeness (QED) is 0.323. The largest absolute Gasteiger partial charge is 0.494 e. The van der Waals surface area contributed by atoms with E-state index in [4.69, 9.17) is 9.47 Å². The minimum Gasteiger partial charge on any atom is -0.494 e. The summed E-state index contributed by atoms with van der Waals surface area (Å²) in [4.78, 5) is 35.1. The predicted octanol–water partition coefficient (Wildman–Crippen LogP) is 3.35. The molecule has 0 radical (unpaired) electrons. The molecule has 2 aromatic rings. The van der Waals surface area contributed by atoms with Crippen LogP contribution in [0.4, 0.5) is 5.69 Å². The average Bonchev–Trinajstić information content (AvgIpc) is 2.66. The maximum atomic E-state index is 12.5. The van der Waals surface area contributed by atoms with Crippen molar-refractivity contribution >= 4 is 17.6 Å². The number of amides is 1. The van der Waals surface area contributed by atoms with Gasteiger partial charge in [0.2, 0.25) is 0 Å². The summed E-state index contributed by atoms with van der Waals surface area (Å²) < 4.78 is 10.6.